The fraction of sp³-hybridized carbons (Fsp3) is 0.538. The molecular weight excluding hydrogens is 170 g/mol. The largest absolute Gasteiger partial charge is 0.310 e. The number of rotatable bonds is 5. The molecule has 0 aliphatic heterocycles. The average molecular weight is 191 g/mol. The van der Waals surface area contributed by atoms with Crippen molar-refractivity contribution >= 4 is 0 Å². The van der Waals surface area contributed by atoms with Crippen molar-refractivity contribution in [3.8, 4) is 0 Å². The van der Waals surface area contributed by atoms with Crippen LogP contribution >= 0.6 is 0 Å². The van der Waals surface area contributed by atoms with Crippen LogP contribution in [0, 0.1) is 5.41 Å². The molecule has 2 unspecified atom stereocenters. The average Bonchev–Trinajstić information content (AvgIpc) is 2.20. The zero-order valence-corrected chi connectivity index (χ0v) is 9.29. The Morgan fingerprint density at radius 3 is 2.86 bits per heavy atom. The summed E-state index contributed by atoms with van der Waals surface area (Å²) in [5, 5.41) is 3.53. The summed E-state index contributed by atoms with van der Waals surface area (Å²) in [6, 6.07) is 0.450. The SMILES string of the molecule is C=CC(CC)NCC1(C)C=CC=CC1. The van der Waals surface area contributed by atoms with Crippen LogP contribution in [-0.2, 0) is 0 Å². The van der Waals surface area contributed by atoms with E-state index in [1.54, 1.807) is 0 Å². The van der Waals surface area contributed by atoms with Crippen molar-refractivity contribution in [2.45, 2.75) is 32.7 Å². The van der Waals surface area contributed by atoms with Crippen LogP contribution in [0.4, 0.5) is 0 Å². The van der Waals surface area contributed by atoms with Gasteiger partial charge in [0.2, 0.25) is 0 Å². The molecule has 78 valence electrons. The van der Waals surface area contributed by atoms with Gasteiger partial charge in [0.15, 0.2) is 0 Å². The van der Waals surface area contributed by atoms with Crippen molar-refractivity contribution in [2.24, 2.45) is 5.41 Å². The predicted molar refractivity (Wildman–Crippen MR) is 63.3 cm³/mol. The topological polar surface area (TPSA) is 12.0 Å². The van der Waals surface area contributed by atoms with E-state index in [1.807, 2.05) is 6.08 Å². The van der Waals surface area contributed by atoms with Gasteiger partial charge in [0.1, 0.15) is 0 Å². The highest BCUT2D eigenvalue weighted by molar-refractivity contribution is 5.16. The van der Waals surface area contributed by atoms with Gasteiger partial charge in [-0.15, -0.1) is 6.58 Å². The van der Waals surface area contributed by atoms with E-state index in [0.29, 0.717) is 6.04 Å². The van der Waals surface area contributed by atoms with Crippen LogP contribution < -0.4 is 5.32 Å². The standard InChI is InChI=1S/C13H21N/c1-4-12(5-2)14-11-13(3)9-7-6-8-10-13/h4,6-9,12,14H,1,5,10-11H2,2-3H3. The van der Waals surface area contributed by atoms with Crippen LogP contribution in [0.2, 0.25) is 0 Å². The fourth-order valence-corrected chi connectivity index (χ4v) is 1.66. The van der Waals surface area contributed by atoms with Gasteiger partial charge in [-0.05, 0) is 12.8 Å². The maximum absolute atomic E-state index is 3.82. The molecule has 0 radical (unpaired) electrons. The lowest BCUT2D eigenvalue weighted by molar-refractivity contribution is 0.376. The van der Waals surface area contributed by atoms with Gasteiger partial charge in [0, 0.05) is 18.0 Å². The first-order valence-corrected chi connectivity index (χ1v) is 5.40. The van der Waals surface area contributed by atoms with Gasteiger partial charge in [-0.25, -0.2) is 0 Å². The van der Waals surface area contributed by atoms with Crippen LogP contribution in [0.25, 0.3) is 0 Å². The van der Waals surface area contributed by atoms with E-state index in [2.05, 4.69) is 50.0 Å². The molecule has 0 aromatic heterocycles. The Morgan fingerprint density at radius 2 is 2.36 bits per heavy atom. The highest BCUT2D eigenvalue weighted by Gasteiger charge is 2.20. The Hall–Kier alpha value is -0.820. The number of hydrogen-bond donors (Lipinski definition) is 1. The molecule has 0 aromatic carbocycles. The van der Waals surface area contributed by atoms with Gasteiger partial charge in [0.05, 0.1) is 0 Å². The van der Waals surface area contributed by atoms with E-state index in [4.69, 9.17) is 0 Å². The third-order valence-corrected chi connectivity index (χ3v) is 2.82. The first-order valence-electron chi connectivity index (χ1n) is 5.40. The van der Waals surface area contributed by atoms with Gasteiger partial charge in [-0.1, -0.05) is 44.2 Å². The van der Waals surface area contributed by atoms with Crippen LogP contribution in [0.15, 0.2) is 37.0 Å². The van der Waals surface area contributed by atoms with E-state index < -0.39 is 0 Å². The molecule has 0 fully saturated rings. The summed E-state index contributed by atoms with van der Waals surface area (Å²) in [5.41, 5.74) is 0.283. The van der Waals surface area contributed by atoms with Crippen molar-refractivity contribution in [2.75, 3.05) is 6.54 Å². The molecule has 1 aliphatic carbocycles. The molecule has 1 nitrogen and oxygen atoms in total. The van der Waals surface area contributed by atoms with Gasteiger partial charge < -0.3 is 5.32 Å². The summed E-state index contributed by atoms with van der Waals surface area (Å²) in [6.07, 6.45) is 13.0. The van der Waals surface area contributed by atoms with Crippen molar-refractivity contribution in [3.63, 3.8) is 0 Å². The summed E-state index contributed by atoms with van der Waals surface area (Å²) in [6.45, 7) is 9.32. The van der Waals surface area contributed by atoms with Gasteiger partial charge in [0.25, 0.3) is 0 Å². The molecule has 1 N–H and O–H groups in total. The second kappa shape index (κ2) is 5.16. The second-order valence-electron chi connectivity index (χ2n) is 4.28. The lowest BCUT2D eigenvalue weighted by atomic mass is 9.83. The van der Waals surface area contributed by atoms with Crippen molar-refractivity contribution in [1.29, 1.82) is 0 Å². The number of nitrogens with one attached hydrogen (secondary N) is 1. The smallest absolute Gasteiger partial charge is 0.0245 e. The molecule has 0 amide bonds. The molecule has 2 atom stereocenters. The van der Waals surface area contributed by atoms with E-state index in [1.165, 1.54) is 0 Å². The van der Waals surface area contributed by atoms with E-state index in [0.717, 1.165) is 19.4 Å². The Morgan fingerprint density at radius 1 is 1.57 bits per heavy atom. The number of allylic oxidation sites excluding steroid dienone is 3. The summed E-state index contributed by atoms with van der Waals surface area (Å²) < 4.78 is 0. The molecule has 1 heteroatoms. The fourth-order valence-electron chi connectivity index (χ4n) is 1.66. The molecule has 0 aromatic rings. The Bertz CT molecular complexity index is 240. The minimum atomic E-state index is 0.283. The zero-order chi connectivity index (χ0) is 10.4. The summed E-state index contributed by atoms with van der Waals surface area (Å²) in [5.74, 6) is 0. The van der Waals surface area contributed by atoms with Gasteiger partial charge >= 0.3 is 0 Å². The Kier molecular flexibility index (Phi) is 4.15. The minimum Gasteiger partial charge on any atom is -0.310 e. The van der Waals surface area contributed by atoms with Crippen LogP contribution in [0.3, 0.4) is 0 Å². The molecule has 0 saturated heterocycles. The highest BCUT2D eigenvalue weighted by Crippen LogP contribution is 2.26. The lowest BCUT2D eigenvalue weighted by Crippen LogP contribution is -2.36. The molecular formula is C13H21N. The Balaban J connectivity index is 2.40. The van der Waals surface area contributed by atoms with Crippen molar-refractivity contribution in [1.82, 2.24) is 5.32 Å². The molecule has 0 bridgehead atoms. The molecule has 14 heavy (non-hydrogen) atoms. The molecule has 0 saturated carbocycles. The summed E-state index contributed by atoms with van der Waals surface area (Å²) >= 11 is 0. The monoisotopic (exact) mass is 191 g/mol. The van der Waals surface area contributed by atoms with Crippen LogP contribution in [0.1, 0.15) is 26.7 Å². The maximum atomic E-state index is 3.82. The van der Waals surface area contributed by atoms with Gasteiger partial charge in [-0.3, -0.25) is 0 Å². The third-order valence-electron chi connectivity index (χ3n) is 2.82. The predicted octanol–water partition coefficient (Wildman–Crippen LogP) is 3.06. The van der Waals surface area contributed by atoms with Crippen molar-refractivity contribution < 1.29 is 0 Å². The summed E-state index contributed by atoms with van der Waals surface area (Å²) in [7, 11) is 0. The van der Waals surface area contributed by atoms with Crippen LogP contribution in [-0.4, -0.2) is 12.6 Å². The first kappa shape index (κ1) is 11.3. The van der Waals surface area contributed by atoms with Crippen molar-refractivity contribution in [3.05, 3.63) is 37.0 Å². The van der Waals surface area contributed by atoms with Crippen LogP contribution in [0.5, 0.6) is 0 Å². The molecule has 0 heterocycles. The molecule has 1 rings (SSSR count). The quantitative estimate of drug-likeness (QED) is 0.659. The maximum Gasteiger partial charge on any atom is 0.0245 e. The van der Waals surface area contributed by atoms with E-state index in [-0.39, 0.29) is 5.41 Å². The third kappa shape index (κ3) is 3.15. The first-order chi connectivity index (χ1) is 6.70. The normalized spacial score (nSPS) is 27.6. The second-order valence-corrected chi connectivity index (χ2v) is 4.28. The molecule has 1 aliphatic rings. The lowest BCUT2D eigenvalue weighted by Gasteiger charge is -2.28. The zero-order valence-electron chi connectivity index (χ0n) is 9.29. The number of hydrogen-bond acceptors (Lipinski definition) is 1. The van der Waals surface area contributed by atoms with E-state index in [9.17, 15) is 0 Å². The summed E-state index contributed by atoms with van der Waals surface area (Å²) in [4.78, 5) is 0. The van der Waals surface area contributed by atoms with Gasteiger partial charge in [-0.2, -0.15) is 0 Å². The minimum absolute atomic E-state index is 0.283. The highest BCUT2D eigenvalue weighted by atomic mass is 14.9. The van der Waals surface area contributed by atoms with E-state index >= 15 is 0 Å². The molecule has 0 spiro atoms. The Labute approximate surface area is 87.6 Å².